The third-order valence-electron chi connectivity index (χ3n) is 4.58. The fourth-order valence-electron chi connectivity index (χ4n) is 3.14. The molecular formula is C22H23N3O2S2. The molecule has 1 aromatic carbocycles. The van der Waals surface area contributed by atoms with Crippen LogP contribution in [0.4, 0.5) is 0 Å². The van der Waals surface area contributed by atoms with E-state index >= 15 is 0 Å². The van der Waals surface area contributed by atoms with E-state index in [2.05, 4.69) is 29.1 Å². The van der Waals surface area contributed by atoms with E-state index in [1.807, 2.05) is 42.6 Å². The number of hydrogen-bond acceptors (Lipinski definition) is 6. The zero-order valence-corrected chi connectivity index (χ0v) is 18.3. The summed E-state index contributed by atoms with van der Waals surface area (Å²) in [5, 5.41) is 6.05. The molecule has 29 heavy (non-hydrogen) atoms. The van der Waals surface area contributed by atoms with E-state index < -0.39 is 0 Å². The molecule has 0 saturated carbocycles. The summed E-state index contributed by atoms with van der Waals surface area (Å²) in [6.45, 7) is 6.70. The van der Waals surface area contributed by atoms with Gasteiger partial charge in [-0.2, -0.15) is 0 Å². The molecule has 1 amide bonds. The number of amides is 1. The summed E-state index contributed by atoms with van der Waals surface area (Å²) >= 11 is 3.24. The minimum Gasteiger partial charge on any atom is -0.440 e. The number of aryl methyl sites for hydroxylation is 1. The van der Waals surface area contributed by atoms with Gasteiger partial charge >= 0.3 is 0 Å². The van der Waals surface area contributed by atoms with Crippen molar-refractivity contribution in [3.8, 4) is 10.6 Å². The monoisotopic (exact) mass is 425 g/mol. The highest BCUT2D eigenvalue weighted by Crippen LogP contribution is 2.31. The van der Waals surface area contributed by atoms with Gasteiger partial charge in [-0.25, -0.2) is 9.97 Å². The van der Waals surface area contributed by atoms with Gasteiger partial charge in [-0.3, -0.25) is 4.79 Å². The predicted molar refractivity (Wildman–Crippen MR) is 119 cm³/mol. The maximum absolute atomic E-state index is 12.5. The molecular weight excluding hydrogens is 402 g/mol. The van der Waals surface area contributed by atoms with Crippen LogP contribution >= 0.6 is 22.7 Å². The van der Waals surface area contributed by atoms with Crippen LogP contribution < -0.4 is 5.32 Å². The Bertz CT molecular complexity index is 1130. The fraction of sp³-hybridized carbons (Fsp3) is 0.318. The molecule has 0 fully saturated rings. The molecule has 0 saturated heterocycles. The number of hydrogen-bond donors (Lipinski definition) is 1. The highest BCUT2D eigenvalue weighted by Gasteiger charge is 2.15. The highest BCUT2D eigenvalue weighted by molar-refractivity contribution is 7.15. The fourth-order valence-corrected chi connectivity index (χ4v) is 4.90. The number of oxazole rings is 1. The standard InChI is InChI=1S/C22H23N3O2S2/c1-13(2)22-25-16-11-15(6-7-17(16)27-22)8-9-23-20(26)12-19-21(24-14(3)29-19)18-5-4-10-28-18/h4-7,10-11,13H,8-9,12H2,1-3H3,(H,23,26). The first-order chi connectivity index (χ1) is 14.0. The summed E-state index contributed by atoms with van der Waals surface area (Å²) in [7, 11) is 0. The number of rotatable bonds is 7. The van der Waals surface area contributed by atoms with Gasteiger partial charge < -0.3 is 9.73 Å². The Balaban J connectivity index is 1.35. The average molecular weight is 426 g/mol. The van der Waals surface area contributed by atoms with Crippen molar-refractivity contribution in [3.63, 3.8) is 0 Å². The normalized spacial score (nSPS) is 11.4. The predicted octanol–water partition coefficient (Wildman–Crippen LogP) is 5.35. The van der Waals surface area contributed by atoms with Gasteiger partial charge in [0.1, 0.15) is 5.52 Å². The number of thiazole rings is 1. The topological polar surface area (TPSA) is 68.0 Å². The number of aromatic nitrogens is 2. The van der Waals surface area contributed by atoms with E-state index in [0.29, 0.717) is 13.0 Å². The lowest BCUT2D eigenvalue weighted by atomic mass is 10.1. The van der Waals surface area contributed by atoms with Gasteiger partial charge in [0.2, 0.25) is 5.91 Å². The van der Waals surface area contributed by atoms with Crippen molar-refractivity contribution in [1.29, 1.82) is 0 Å². The molecule has 3 heterocycles. The molecule has 0 spiro atoms. The zero-order valence-electron chi connectivity index (χ0n) is 16.7. The Morgan fingerprint density at radius 3 is 2.86 bits per heavy atom. The Kier molecular flexibility index (Phi) is 5.78. The highest BCUT2D eigenvalue weighted by atomic mass is 32.1. The first-order valence-electron chi connectivity index (χ1n) is 9.66. The SMILES string of the molecule is Cc1nc(-c2cccs2)c(CC(=O)NCCc2ccc3oc(C(C)C)nc3c2)s1. The van der Waals surface area contributed by atoms with E-state index in [0.717, 1.165) is 49.4 Å². The molecule has 0 aliphatic rings. The number of benzene rings is 1. The van der Waals surface area contributed by atoms with Crippen LogP contribution in [0.15, 0.2) is 40.1 Å². The maximum Gasteiger partial charge on any atom is 0.225 e. The quantitative estimate of drug-likeness (QED) is 0.434. The van der Waals surface area contributed by atoms with Crippen molar-refractivity contribution in [2.24, 2.45) is 0 Å². The summed E-state index contributed by atoms with van der Waals surface area (Å²) < 4.78 is 5.75. The van der Waals surface area contributed by atoms with Crippen LogP contribution in [0.3, 0.4) is 0 Å². The largest absolute Gasteiger partial charge is 0.440 e. The van der Waals surface area contributed by atoms with Gasteiger partial charge in [-0.1, -0.05) is 26.0 Å². The van der Waals surface area contributed by atoms with E-state index in [1.54, 1.807) is 22.7 Å². The lowest BCUT2D eigenvalue weighted by Crippen LogP contribution is -2.27. The van der Waals surface area contributed by atoms with Gasteiger partial charge in [-0.15, -0.1) is 22.7 Å². The van der Waals surface area contributed by atoms with Gasteiger partial charge in [-0.05, 0) is 42.5 Å². The summed E-state index contributed by atoms with van der Waals surface area (Å²) in [5.74, 6) is 1.04. The summed E-state index contributed by atoms with van der Waals surface area (Å²) in [4.78, 5) is 23.8. The third kappa shape index (κ3) is 4.57. The second kappa shape index (κ2) is 8.47. The summed E-state index contributed by atoms with van der Waals surface area (Å²) in [6, 6.07) is 10.1. The van der Waals surface area contributed by atoms with Crippen LogP contribution in [0.25, 0.3) is 21.7 Å². The van der Waals surface area contributed by atoms with Crippen LogP contribution in [0.5, 0.6) is 0 Å². The second-order valence-corrected chi connectivity index (χ2v) is 9.50. The molecule has 0 radical (unpaired) electrons. The molecule has 3 aromatic heterocycles. The van der Waals surface area contributed by atoms with E-state index in [4.69, 9.17) is 4.42 Å². The van der Waals surface area contributed by atoms with Crippen molar-refractivity contribution in [1.82, 2.24) is 15.3 Å². The first kappa shape index (κ1) is 19.8. The van der Waals surface area contributed by atoms with Crippen molar-refractivity contribution < 1.29 is 9.21 Å². The number of carbonyl (C=O) groups excluding carboxylic acids is 1. The lowest BCUT2D eigenvalue weighted by molar-refractivity contribution is -0.120. The van der Waals surface area contributed by atoms with Crippen LogP contribution in [0.1, 0.15) is 41.1 Å². The number of thiophene rings is 1. The second-order valence-electron chi connectivity index (χ2n) is 7.27. The van der Waals surface area contributed by atoms with E-state index in [-0.39, 0.29) is 11.8 Å². The van der Waals surface area contributed by atoms with Crippen molar-refractivity contribution in [2.75, 3.05) is 6.54 Å². The minimum absolute atomic E-state index is 0.0241. The third-order valence-corrected chi connectivity index (χ3v) is 6.43. The first-order valence-corrected chi connectivity index (χ1v) is 11.4. The molecule has 150 valence electrons. The smallest absolute Gasteiger partial charge is 0.225 e. The van der Waals surface area contributed by atoms with E-state index in [1.165, 1.54) is 0 Å². The van der Waals surface area contributed by atoms with Crippen molar-refractivity contribution >= 4 is 39.7 Å². The number of nitrogens with one attached hydrogen (secondary N) is 1. The Labute approximate surface area is 177 Å². The van der Waals surface area contributed by atoms with Gasteiger partial charge in [0, 0.05) is 17.3 Å². The van der Waals surface area contributed by atoms with Crippen molar-refractivity contribution in [2.45, 2.75) is 39.5 Å². The average Bonchev–Trinajstić information content (AvgIpc) is 3.40. The molecule has 0 atom stereocenters. The molecule has 0 aliphatic carbocycles. The minimum atomic E-state index is 0.0241. The Morgan fingerprint density at radius 2 is 2.10 bits per heavy atom. The maximum atomic E-state index is 12.5. The molecule has 0 aliphatic heterocycles. The van der Waals surface area contributed by atoms with Gasteiger partial charge in [0.05, 0.1) is 22.0 Å². The van der Waals surface area contributed by atoms with Gasteiger partial charge in [0.25, 0.3) is 0 Å². The Hall–Kier alpha value is -2.51. The van der Waals surface area contributed by atoms with E-state index in [9.17, 15) is 4.79 Å². The molecule has 5 nitrogen and oxygen atoms in total. The lowest BCUT2D eigenvalue weighted by Gasteiger charge is -2.05. The van der Waals surface area contributed by atoms with Crippen LogP contribution in [-0.4, -0.2) is 22.4 Å². The number of carbonyl (C=O) groups is 1. The molecule has 0 unspecified atom stereocenters. The molecule has 4 aromatic rings. The van der Waals surface area contributed by atoms with Gasteiger partial charge in [0.15, 0.2) is 11.5 Å². The number of fused-ring (bicyclic) bond motifs is 1. The number of nitrogens with zero attached hydrogens (tertiary/aromatic N) is 2. The van der Waals surface area contributed by atoms with Crippen LogP contribution in [0, 0.1) is 6.92 Å². The van der Waals surface area contributed by atoms with Crippen LogP contribution in [-0.2, 0) is 17.6 Å². The molecule has 1 N–H and O–H groups in total. The van der Waals surface area contributed by atoms with Crippen LogP contribution in [0.2, 0.25) is 0 Å². The summed E-state index contributed by atoms with van der Waals surface area (Å²) in [5.41, 5.74) is 3.76. The molecule has 4 rings (SSSR count). The molecule has 7 heteroatoms. The van der Waals surface area contributed by atoms with Crippen molar-refractivity contribution in [3.05, 3.63) is 57.1 Å². The Morgan fingerprint density at radius 1 is 1.24 bits per heavy atom. The summed E-state index contributed by atoms with van der Waals surface area (Å²) in [6.07, 6.45) is 1.11. The zero-order chi connectivity index (χ0) is 20.4. The molecule has 0 bridgehead atoms.